The fraction of sp³-hybridized carbons (Fsp3) is 0.438. The smallest absolute Gasteiger partial charge is 0.0948 e. The number of benzene rings is 1. The van der Waals surface area contributed by atoms with E-state index in [-0.39, 0.29) is 12.6 Å². The Morgan fingerprint density at radius 1 is 1.30 bits per heavy atom. The Labute approximate surface area is 120 Å². The lowest BCUT2D eigenvalue weighted by Gasteiger charge is -2.17. The highest BCUT2D eigenvalue weighted by molar-refractivity contribution is 5.16. The number of nitrogens with one attached hydrogen (secondary N) is 1. The van der Waals surface area contributed by atoms with Gasteiger partial charge in [0, 0.05) is 25.3 Å². The first-order valence-corrected chi connectivity index (χ1v) is 7.20. The van der Waals surface area contributed by atoms with E-state index < -0.39 is 0 Å². The van der Waals surface area contributed by atoms with Crippen LogP contribution >= 0.6 is 0 Å². The molecule has 0 bridgehead atoms. The highest BCUT2D eigenvalue weighted by atomic mass is 16.3. The van der Waals surface area contributed by atoms with E-state index in [4.69, 9.17) is 0 Å². The summed E-state index contributed by atoms with van der Waals surface area (Å²) in [4.78, 5) is 4.19. The van der Waals surface area contributed by atoms with Crippen LogP contribution in [-0.4, -0.2) is 27.3 Å². The number of imidazole rings is 1. The third-order valence-corrected chi connectivity index (χ3v) is 3.38. The molecule has 1 aromatic carbocycles. The fourth-order valence-corrected chi connectivity index (χ4v) is 2.29. The molecule has 2 N–H and O–H groups in total. The van der Waals surface area contributed by atoms with E-state index >= 15 is 0 Å². The van der Waals surface area contributed by atoms with E-state index in [9.17, 15) is 5.11 Å². The standard InChI is InChI=1S/C16H23N3O/c1-2-8-19-13-17-10-16(19)11-18-15(12-20)9-14-6-4-3-5-7-14/h3-7,10,13,15,18,20H,2,8-9,11-12H2,1H3. The molecule has 108 valence electrons. The predicted molar refractivity (Wildman–Crippen MR) is 80.4 cm³/mol. The summed E-state index contributed by atoms with van der Waals surface area (Å²) in [6, 6.07) is 10.3. The third-order valence-electron chi connectivity index (χ3n) is 3.38. The van der Waals surface area contributed by atoms with Crippen molar-refractivity contribution in [2.45, 2.75) is 38.9 Å². The number of nitrogens with zero attached hydrogens (tertiary/aromatic N) is 2. The van der Waals surface area contributed by atoms with Crippen molar-refractivity contribution >= 4 is 0 Å². The van der Waals surface area contributed by atoms with Crippen LogP contribution in [-0.2, 0) is 19.5 Å². The van der Waals surface area contributed by atoms with Gasteiger partial charge in [0.15, 0.2) is 0 Å². The minimum atomic E-state index is 0.0716. The molecular weight excluding hydrogens is 250 g/mol. The topological polar surface area (TPSA) is 50.1 Å². The molecule has 20 heavy (non-hydrogen) atoms. The monoisotopic (exact) mass is 273 g/mol. The zero-order valence-corrected chi connectivity index (χ0v) is 12.0. The van der Waals surface area contributed by atoms with Gasteiger partial charge in [0.2, 0.25) is 0 Å². The first-order valence-electron chi connectivity index (χ1n) is 7.20. The minimum absolute atomic E-state index is 0.0716. The molecule has 0 fully saturated rings. The highest BCUT2D eigenvalue weighted by Gasteiger charge is 2.09. The summed E-state index contributed by atoms with van der Waals surface area (Å²) in [7, 11) is 0. The number of hydrogen-bond acceptors (Lipinski definition) is 3. The van der Waals surface area contributed by atoms with E-state index in [1.807, 2.05) is 30.7 Å². The molecule has 0 saturated heterocycles. The molecule has 1 heterocycles. The van der Waals surface area contributed by atoms with E-state index in [0.29, 0.717) is 0 Å². The molecule has 0 aliphatic rings. The van der Waals surface area contributed by atoms with Crippen molar-refractivity contribution in [2.75, 3.05) is 6.61 Å². The second-order valence-electron chi connectivity index (χ2n) is 5.03. The van der Waals surface area contributed by atoms with E-state index in [1.165, 1.54) is 11.3 Å². The lowest BCUT2D eigenvalue weighted by Crippen LogP contribution is -2.34. The average Bonchev–Trinajstić information content (AvgIpc) is 2.92. The van der Waals surface area contributed by atoms with Gasteiger partial charge in [-0.3, -0.25) is 0 Å². The van der Waals surface area contributed by atoms with Crippen molar-refractivity contribution in [3.05, 3.63) is 54.1 Å². The van der Waals surface area contributed by atoms with Crippen LogP contribution in [0.1, 0.15) is 24.6 Å². The molecule has 0 amide bonds. The van der Waals surface area contributed by atoms with Gasteiger partial charge in [-0.05, 0) is 18.4 Å². The first-order chi connectivity index (χ1) is 9.83. The lowest BCUT2D eigenvalue weighted by atomic mass is 10.1. The molecule has 0 radical (unpaired) electrons. The molecule has 1 aromatic heterocycles. The van der Waals surface area contributed by atoms with E-state index in [2.05, 4.69) is 33.9 Å². The van der Waals surface area contributed by atoms with Crippen molar-refractivity contribution in [1.82, 2.24) is 14.9 Å². The van der Waals surface area contributed by atoms with Crippen LogP contribution < -0.4 is 5.32 Å². The quantitative estimate of drug-likeness (QED) is 0.773. The van der Waals surface area contributed by atoms with Gasteiger partial charge in [0.1, 0.15) is 0 Å². The summed E-state index contributed by atoms with van der Waals surface area (Å²) in [5.41, 5.74) is 2.40. The second kappa shape index (κ2) is 7.82. The van der Waals surface area contributed by atoms with Gasteiger partial charge in [-0.2, -0.15) is 0 Å². The number of aromatic nitrogens is 2. The molecule has 1 atom stereocenters. The summed E-state index contributed by atoms with van der Waals surface area (Å²) in [5, 5.41) is 12.9. The van der Waals surface area contributed by atoms with Gasteiger partial charge in [-0.15, -0.1) is 0 Å². The Hall–Kier alpha value is -1.65. The van der Waals surface area contributed by atoms with Crippen molar-refractivity contribution < 1.29 is 5.11 Å². The molecule has 2 aromatic rings. The third kappa shape index (κ3) is 4.18. The predicted octanol–water partition coefficient (Wildman–Crippen LogP) is 1.99. The van der Waals surface area contributed by atoms with Gasteiger partial charge in [-0.1, -0.05) is 37.3 Å². The minimum Gasteiger partial charge on any atom is -0.395 e. The van der Waals surface area contributed by atoms with Gasteiger partial charge < -0.3 is 15.0 Å². The second-order valence-corrected chi connectivity index (χ2v) is 5.03. The van der Waals surface area contributed by atoms with Gasteiger partial charge in [0.05, 0.1) is 18.6 Å². The molecular formula is C16H23N3O. The Bertz CT molecular complexity index is 495. The molecule has 0 saturated carbocycles. The molecule has 4 nitrogen and oxygen atoms in total. The zero-order chi connectivity index (χ0) is 14.2. The van der Waals surface area contributed by atoms with Crippen molar-refractivity contribution in [2.24, 2.45) is 0 Å². The van der Waals surface area contributed by atoms with Gasteiger partial charge in [0.25, 0.3) is 0 Å². The van der Waals surface area contributed by atoms with Crippen LogP contribution in [0.4, 0.5) is 0 Å². The SMILES string of the molecule is CCCn1cncc1CNC(CO)Cc1ccccc1. The van der Waals surface area contributed by atoms with Crippen LogP contribution in [0.15, 0.2) is 42.9 Å². The molecule has 4 heteroatoms. The number of rotatable bonds is 8. The van der Waals surface area contributed by atoms with Crippen LogP contribution in [0.5, 0.6) is 0 Å². The van der Waals surface area contributed by atoms with Crippen molar-refractivity contribution in [3.8, 4) is 0 Å². The summed E-state index contributed by atoms with van der Waals surface area (Å²) >= 11 is 0. The number of hydrogen-bond donors (Lipinski definition) is 2. The average molecular weight is 273 g/mol. The van der Waals surface area contributed by atoms with Crippen molar-refractivity contribution in [3.63, 3.8) is 0 Å². The Morgan fingerprint density at radius 2 is 2.10 bits per heavy atom. The van der Waals surface area contributed by atoms with Crippen LogP contribution in [0.25, 0.3) is 0 Å². The number of aryl methyl sites for hydroxylation is 1. The van der Waals surface area contributed by atoms with Crippen LogP contribution in [0, 0.1) is 0 Å². The number of aliphatic hydroxyl groups excluding tert-OH is 1. The first kappa shape index (κ1) is 14.8. The Balaban J connectivity index is 1.89. The molecule has 2 rings (SSSR count). The highest BCUT2D eigenvalue weighted by Crippen LogP contribution is 2.05. The molecule has 0 spiro atoms. The zero-order valence-electron chi connectivity index (χ0n) is 12.0. The summed E-state index contributed by atoms with van der Waals surface area (Å²) in [6.07, 6.45) is 5.68. The van der Waals surface area contributed by atoms with Gasteiger partial charge >= 0.3 is 0 Å². The van der Waals surface area contributed by atoms with Gasteiger partial charge in [-0.25, -0.2) is 4.98 Å². The molecule has 0 aliphatic carbocycles. The fourth-order valence-electron chi connectivity index (χ4n) is 2.29. The molecule has 0 aliphatic heterocycles. The number of aliphatic hydroxyl groups is 1. The normalized spacial score (nSPS) is 12.5. The Morgan fingerprint density at radius 3 is 2.80 bits per heavy atom. The largest absolute Gasteiger partial charge is 0.395 e. The maximum Gasteiger partial charge on any atom is 0.0948 e. The summed E-state index contributed by atoms with van der Waals surface area (Å²) in [6.45, 7) is 4.01. The Kier molecular flexibility index (Phi) is 5.77. The van der Waals surface area contributed by atoms with E-state index in [0.717, 1.165) is 25.9 Å². The van der Waals surface area contributed by atoms with Crippen LogP contribution in [0.2, 0.25) is 0 Å². The lowest BCUT2D eigenvalue weighted by molar-refractivity contribution is 0.240. The maximum atomic E-state index is 9.50. The summed E-state index contributed by atoms with van der Waals surface area (Å²) < 4.78 is 2.16. The summed E-state index contributed by atoms with van der Waals surface area (Å²) in [5.74, 6) is 0. The van der Waals surface area contributed by atoms with Crippen LogP contribution in [0.3, 0.4) is 0 Å². The van der Waals surface area contributed by atoms with E-state index in [1.54, 1.807) is 0 Å². The molecule has 1 unspecified atom stereocenters. The maximum absolute atomic E-state index is 9.50. The van der Waals surface area contributed by atoms with Crippen molar-refractivity contribution in [1.29, 1.82) is 0 Å².